The Kier molecular flexibility index (Phi) is 3.57. The monoisotopic (exact) mass is 339 g/mol. The van der Waals surface area contributed by atoms with Gasteiger partial charge in [0.05, 0.1) is 5.52 Å². The van der Waals surface area contributed by atoms with Gasteiger partial charge in [0.15, 0.2) is 23.3 Å². The number of aliphatic imine (C=N–C) groups is 1. The highest BCUT2D eigenvalue weighted by atomic mass is 19.1. The summed E-state index contributed by atoms with van der Waals surface area (Å²) in [5.74, 6) is 1.63. The second kappa shape index (κ2) is 5.90. The molecule has 1 aromatic heterocycles. The molecule has 1 aliphatic heterocycles. The average molecular weight is 339 g/mol. The van der Waals surface area contributed by atoms with Crippen molar-refractivity contribution in [3.05, 3.63) is 53.6 Å². The van der Waals surface area contributed by atoms with E-state index in [0.29, 0.717) is 40.5 Å². The zero-order valence-corrected chi connectivity index (χ0v) is 13.1. The lowest BCUT2D eigenvalue weighted by molar-refractivity contribution is 0.174. The highest BCUT2D eigenvalue weighted by molar-refractivity contribution is 5.91. The second-order valence-electron chi connectivity index (χ2n) is 5.53. The average Bonchev–Trinajstić information content (AvgIpc) is 3.01. The first kappa shape index (κ1) is 15.1. The molecule has 25 heavy (non-hydrogen) atoms. The largest absolute Gasteiger partial charge is 0.454 e. The van der Waals surface area contributed by atoms with Gasteiger partial charge in [-0.2, -0.15) is 4.99 Å². The molecule has 0 aliphatic carbocycles. The van der Waals surface area contributed by atoms with E-state index >= 15 is 0 Å². The van der Waals surface area contributed by atoms with Crippen molar-refractivity contribution in [2.45, 2.75) is 6.42 Å². The third-order valence-electron chi connectivity index (χ3n) is 3.72. The minimum atomic E-state index is -0.393. The van der Waals surface area contributed by atoms with Crippen LogP contribution in [0.5, 0.6) is 11.5 Å². The van der Waals surface area contributed by atoms with E-state index in [-0.39, 0.29) is 12.8 Å². The first-order valence-corrected chi connectivity index (χ1v) is 7.53. The van der Waals surface area contributed by atoms with Crippen LogP contribution < -0.4 is 20.9 Å². The fraction of sp³-hybridized carbons (Fsp3) is 0.118. The van der Waals surface area contributed by atoms with Crippen molar-refractivity contribution < 1.29 is 13.9 Å². The summed E-state index contributed by atoms with van der Waals surface area (Å²) in [6.45, 7) is 0.208. The molecule has 0 saturated carbocycles. The van der Waals surface area contributed by atoms with Crippen LogP contribution in [-0.2, 0) is 6.42 Å². The van der Waals surface area contributed by atoms with Crippen molar-refractivity contribution in [3.8, 4) is 11.5 Å². The van der Waals surface area contributed by atoms with Crippen LogP contribution in [0.1, 0.15) is 11.4 Å². The van der Waals surface area contributed by atoms with Crippen LogP contribution in [-0.4, -0.2) is 22.7 Å². The molecule has 2 heterocycles. The Hall–Kier alpha value is -3.42. The minimum absolute atomic E-state index is 0.127. The molecule has 8 heteroatoms. The van der Waals surface area contributed by atoms with Crippen LogP contribution in [0.25, 0.3) is 10.9 Å². The van der Waals surface area contributed by atoms with Gasteiger partial charge in [-0.25, -0.2) is 14.4 Å². The quantitative estimate of drug-likeness (QED) is 0.558. The van der Waals surface area contributed by atoms with Gasteiger partial charge in [-0.05, 0) is 29.8 Å². The molecular weight excluding hydrogens is 325 g/mol. The molecule has 0 saturated heterocycles. The number of hydrogen-bond acceptors (Lipinski definition) is 5. The maximum Gasteiger partial charge on any atom is 0.231 e. The summed E-state index contributed by atoms with van der Waals surface area (Å²) in [5.41, 5.74) is 12.3. The number of hydrogen-bond donors (Lipinski definition) is 2. The lowest BCUT2D eigenvalue weighted by atomic mass is 10.1. The molecule has 0 bridgehead atoms. The number of aromatic nitrogens is 2. The fourth-order valence-corrected chi connectivity index (χ4v) is 2.65. The summed E-state index contributed by atoms with van der Waals surface area (Å²) >= 11 is 0. The second-order valence-corrected chi connectivity index (χ2v) is 5.53. The number of rotatable bonds is 3. The Morgan fingerprint density at radius 3 is 2.76 bits per heavy atom. The van der Waals surface area contributed by atoms with Gasteiger partial charge in [0.2, 0.25) is 6.79 Å². The standard InChI is InChI=1S/C17H14FN5O2/c18-10-2-3-11-12(7-10)21-15(22-16(11)23-17(19)20)6-9-1-4-13-14(5-9)25-8-24-13/h1-5,7H,6,8H2,(H4,19,20,21,22,23). The number of benzene rings is 2. The Bertz CT molecular complexity index is 1000. The molecule has 3 aromatic rings. The smallest absolute Gasteiger partial charge is 0.231 e. The molecule has 4 rings (SSSR count). The van der Waals surface area contributed by atoms with E-state index in [2.05, 4.69) is 15.0 Å². The third-order valence-corrected chi connectivity index (χ3v) is 3.72. The molecule has 0 atom stereocenters. The zero-order valence-electron chi connectivity index (χ0n) is 13.1. The highest BCUT2D eigenvalue weighted by Gasteiger charge is 2.15. The summed E-state index contributed by atoms with van der Waals surface area (Å²) in [4.78, 5) is 12.9. The van der Waals surface area contributed by atoms with Crippen molar-refractivity contribution >= 4 is 22.7 Å². The van der Waals surface area contributed by atoms with Crippen LogP contribution in [0.3, 0.4) is 0 Å². The van der Waals surface area contributed by atoms with E-state index in [1.165, 1.54) is 12.1 Å². The van der Waals surface area contributed by atoms with E-state index in [4.69, 9.17) is 20.9 Å². The van der Waals surface area contributed by atoms with E-state index in [1.807, 2.05) is 18.2 Å². The third kappa shape index (κ3) is 3.01. The molecule has 2 aromatic carbocycles. The van der Waals surface area contributed by atoms with Gasteiger partial charge in [0, 0.05) is 17.9 Å². The fourth-order valence-electron chi connectivity index (χ4n) is 2.65. The van der Waals surface area contributed by atoms with Crippen LogP contribution >= 0.6 is 0 Å². The highest BCUT2D eigenvalue weighted by Crippen LogP contribution is 2.33. The van der Waals surface area contributed by atoms with Crippen molar-refractivity contribution in [1.29, 1.82) is 0 Å². The molecule has 7 nitrogen and oxygen atoms in total. The predicted molar refractivity (Wildman–Crippen MR) is 90.3 cm³/mol. The Morgan fingerprint density at radius 2 is 1.92 bits per heavy atom. The van der Waals surface area contributed by atoms with E-state index in [9.17, 15) is 4.39 Å². The first-order chi connectivity index (χ1) is 12.1. The van der Waals surface area contributed by atoms with Crippen LogP contribution in [0.2, 0.25) is 0 Å². The Labute approximate surface area is 142 Å². The molecule has 4 N–H and O–H groups in total. The summed E-state index contributed by atoms with van der Waals surface area (Å²) < 4.78 is 24.2. The zero-order chi connectivity index (χ0) is 17.4. The molecule has 0 unspecified atom stereocenters. The van der Waals surface area contributed by atoms with E-state index in [1.54, 1.807) is 6.07 Å². The van der Waals surface area contributed by atoms with Crippen LogP contribution in [0.4, 0.5) is 10.2 Å². The van der Waals surface area contributed by atoms with Gasteiger partial charge in [-0.1, -0.05) is 6.07 Å². The number of nitrogens with zero attached hydrogens (tertiary/aromatic N) is 3. The van der Waals surface area contributed by atoms with Gasteiger partial charge in [0.25, 0.3) is 0 Å². The van der Waals surface area contributed by atoms with Crippen LogP contribution in [0.15, 0.2) is 41.4 Å². The lowest BCUT2D eigenvalue weighted by Gasteiger charge is -2.07. The topological polar surface area (TPSA) is 109 Å². The predicted octanol–water partition coefficient (Wildman–Crippen LogP) is 1.99. The molecule has 0 spiro atoms. The molecule has 0 amide bonds. The van der Waals surface area contributed by atoms with Crippen molar-refractivity contribution in [2.24, 2.45) is 16.5 Å². The van der Waals surface area contributed by atoms with Crippen molar-refractivity contribution in [1.82, 2.24) is 9.97 Å². The molecule has 126 valence electrons. The van der Waals surface area contributed by atoms with Crippen molar-refractivity contribution in [2.75, 3.05) is 6.79 Å². The summed E-state index contributed by atoms with van der Waals surface area (Å²) in [6.07, 6.45) is 0.413. The molecule has 0 radical (unpaired) electrons. The number of halogens is 1. The van der Waals surface area contributed by atoms with Crippen molar-refractivity contribution in [3.63, 3.8) is 0 Å². The molecule has 0 fully saturated rings. The maximum atomic E-state index is 13.6. The number of guanidine groups is 1. The Balaban J connectivity index is 1.77. The lowest BCUT2D eigenvalue weighted by Crippen LogP contribution is -2.22. The van der Waals surface area contributed by atoms with Gasteiger partial charge in [-0.15, -0.1) is 0 Å². The summed E-state index contributed by atoms with van der Waals surface area (Å²) in [5, 5.41) is 0.573. The van der Waals surface area contributed by atoms with E-state index in [0.717, 1.165) is 5.56 Å². The van der Waals surface area contributed by atoms with Gasteiger partial charge < -0.3 is 20.9 Å². The number of fused-ring (bicyclic) bond motifs is 2. The molecular formula is C17H14FN5O2. The maximum absolute atomic E-state index is 13.6. The number of ether oxygens (including phenoxy) is 2. The van der Waals surface area contributed by atoms with Gasteiger partial charge in [-0.3, -0.25) is 0 Å². The first-order valence-electron chi connectivity index (χ1n) is 7.53. The van der Waals surface area contributed by atoms with Crippen LogP contribution in [0, 0.1) is 5.82 Å². The SMILES string of the molecule is NC(N)=Nc1nc(Cc2ccc3c(c2)OCO3)nc2cc(F)ccc12. The van der Waals surface area contributed by atoms with E-state index < -0.39 is 5.82 Å². The van der Waals surface area contributed by atoms with Gasteiger partial charge in [0.1, 0.15) is 11.6 Å². The molecule has 1 aliphatic rings. The number of nitrogens with two attached hydrogens (primary N) is 2. The summed E-state index contributed by atoms with van der Waals surface area (Å²) in [7, 11) is 0. The summed E-state index contributed by atoms with van der Waals surface area (Å²) in [6, 6.07) is 9.78. The minimum Gasteiger partial charge on any atom is -0.454 e. The normalized spacial score (nSPS) is 12.4. The van der Waals surface area contributed by atoms with Gasteiger partial charge >= 0.3 is 0 Å². The Morgan fingerprint density at radius 1 is 1.08 bits per heavy atom.